The van der Waals surface area contributed by atoms with Crippen molar-refractivity contribution in [2.45, 2.75) is 37.7 Å². The minimum atomic E-state index is -0.539. The molecule has 5 heteroatoms. The van der Waals surface area contributed by atoms with Crippen LogP contribution in [0.4, 0.5) is 0 Å². The van der Waals surface area contributed by atoms with Gasteiger partial charge >= 0.3 is 0 Å². The fourth-order valence-corrected chi connectivity index (χ4v) is 2.40. The predicted octanol–water partition coefficient (Wildman–Crippen LogP) is -2.31. The van der Waals surface area contributed by atoms with Crippen LogP contribution in [0.3, 0.4) is 0 Å². The number of nitrogens with two attached hydrogens (primary N) is 1. The average Bonchev–Trinajstić information content (AvgIpc) is 2.27. The molecule has 0 aliphatic carbocycles. The van der Waals surface area contributed by atoms with E-state index >= 15 is 0 Å². The van der Waals surface area contributed by atoms with Crippen LogP contribution in [-0.4, -0.2) is 59.9 Å². The minimum Gasteiger partial charge on any atom is -0.394 e. The fraction of sp³-hybridized carbons (Fsp3) is 1.00. The van der Waals surface area contributed by atoms with Crippen LogP contribution >= 0.6 is 0 Å². The van der Waals surface area contributed by atoms with Crippen LogP contribution in [0.1, 0.15) is 13.3 Å². The summed E-state index contributed by atoms with van der Waals surface area (Å²) >= 11 is 0. The highest BCUT2D eigenvalue weighted by Crippen LogP contribution is 2.26. The third kappa shape index (κ3) is 2.49. The highest BCUT2D eigenvalue weighted by atomic mass is 16.5. The molecule has 5 N–H and O–H groups in total. The molecule has 0 bridgehead atoms. The number of hydrogen-bond donors (Lipinski definition) is 4. The quantitative estimate of drug-likeness (QED) is 0.429. The Hall–Kier alpha value is -0.200. The molecule has 1 fully saturated rings. The molecule has 0 aromatic heterocycles. The maximum absolute atomic E-state index is 10.1. The van der Waals surface area contributed by atoms with Crippen LogP contribution in [0.15, 0.2) is 0 Å². The van der Waals surface area contributed by atoms with Crippen LogP contribution in [0.2, 0.25) is 0 Å². The molecule has 0 amide bonds. The number of rotatable bonds is 4. The first-order chi connectivity index (χ1) is 7.19. The molecule has 0 aromatic carbocycles. The summed E-state index contributed by atoms with van der Waals surface area (Å²) in [7, 11) is 1.85. The number of ether oxygens (including phenoxy) is 1. The van der Waals surface area contributed by atoms with Crippen LogP contribution in [0.25, 0.3) is 0 Å². The Morgan fingerprint density at radius 1 is 1.20 bits per heavy atom. The van der Waals surface area contributed by atoms with E-state index in [1.165, 1.54) is 0 Å². The molecule has 1 saturated heterocycles. The van der Waals surface area contributed by atoms with Gasteiger partial charge in [0.05, 0.1) is 26.4 Å². The molecule has 5 nitrogen and oxygen atoms in total. The summed E-state index contributed by atoms with van der Waals surface area (Å²) in [6, 6.07) is -0.150. The molecule has 0 radical (unpaired) electrons. The Morgan fingerprint density at radius 3 is 2.20 bits per heavy atom. The van der Waals surface area contributed by atoms with Crippen LogP contribution in [-0.2, 0) is 4.74 Å². The maximum Gasteiger partial charge on any atom is 0.141 e. The van der Waals surface area contributed by atoms with E-state index in [9.17, 15) is 5.11 Å². The lowest BCUT2D eigenvalue weighted by molar-refractivity contribution is -0.686. The molecule has 15 heavy (non-hydrogen) atoms. The first-order valence-corrected chi connectivity index (χ1v) is 5.54. The topological polar surface area (TPSA) is 86.5 Å². The standard InChI is InChI=1S/C10H21NO4/c1-3-6-7(4-12)15-8(5-13)9(11-2)10(6)14/h6-14H,3-5H2,1-2H3/p+1/t6-,7?,8?,9-,10-/m1/s1. The smallest absolute Gasteiger partial charge is 0.141 e. The van der Waals surface area contributed by atoms with Crippen molar-refractivity contribution in [2.24, 2.45) is 5.92 Å². The van der Waals surface area contributed by atoms with Crippen molar-refractivity contribution in [3.63, 3.8) is 0 Å². The summed E-state index contributed by atoms with van der Waals surface area (Å²) in [5.41, 5.74) is 0. The molecule has 2 unspecified atom stereocenters. The first kappa shape index (κ1) is 12.9. The Kier molecular flexibility index (Phi) is 4.95. The minimum absolute atomic E-state index is 0.0565. The van der Waals surface area contributed by atoms with Crippen molar-refractivity contribution in [1.29, 1.82) is 0 Å². The van der Waals surface area contributed by atoms with Gasteiger partial charge in [0.1, 0.15) is 18.2 Å². The highest BCUT2D eigenvalue weighted by molar-refractivity contribution is 4.90. The number of hydrogen-bond acceptors (Lipinski definition) is 4. The van der Waals surface area contributed by atoms with E-state index < -0.39 is 12.2 Å². The third-order valence-electron chi connectivity index (χ3n) is 3.31. The second-order valence-electron chi connectivity index (χ2n) is 4.05. The van der Waals surface area contributed by atoms with Gasteiger partial charge in [-0.1, -0.05) is 6.92 Å². The number of aliphatic hydroxyl groups is 3. The van der Waals surface area contributed by atoms with Crippen molar-refractivity contribution in [1.82, 2.24) is 0 Å². The number of aliphatic hydroxyl groups excluding tert-OH is 3. The van der Waals surface area contributed by atoms with Gasteiger partial charge in [-0.25, -0.2) is 0 Å². The Morgan fingerprint density at radius 2 is 1.80 bits per heavy atom. The lowest BCUT2D eigenvalue weighted by Crippen LogP contribution is -2.94. The molecule has 1 aliphatic rings. The lowest BCUT2D eigenvalue weighted by atomic mass is 9.84. The molecule has 0 spiro atoms. The summed E-state index contributed by atoms with van der Waals surface area (Å²) in [4.78, 5) is 0. The lowest BCUT2D eigenvalue weighted by Gasteiger charge is -2.41. The monoisotopic (exact) mass is 220 g/mol. The maximum atomic E-state index is 10.1. The molecule has 0 saturated carbocycles. The first-order valence-electron chi connectivity index (χ1n) is 5.54. The van der Waals surface area contributed by atoms with Gasteiger partial charge < -0.3 is 25.4 Å². The van der Waals surface area contributed by atoms with Gasteiger partial charge in [-0.05, 0) is 6.42 Å². The van der Waals surface area contributed by atoms with E-state index in [-0.39, 0.29) is 31.3 Å². The van der Waals surface area contributed by atoms with Gasteiger partial charge in [-0.15, -0.1) is 0 Å². The highest BCUT2D eigenvalue weighted by Gasteiger charge is 2.45. The van der Waals surface area contributed by atoms with E-state index in [1.54, 1.807) is 0 Å². The van der Waals surface area contributed by atoms with Crippen LogP contribution in [0, 0.1) is 5.92 Å². The zero-order valence-corrected chi connectivity index (χ0v) is 9.34. The fourth-order valence-electron chi connectivity index (χ4n) is 2.40. The summed E-state index contributed by atoms with van der Waals surface area (Å²) in [5.74, 6) is -0.0565. The largest absolute Gasteiger partial charge is 0.394 e. The Labute approximate surface area is 90.1 Å². The molecule has 1 heterocycles. The zero-order valence-electron chi connectivity index (χ0n) is 9.34. The molecule has 90 valence electrons. The van der Waals surface area contributed by atoms with Gasteiger partial charge in [0, 0.05) is 5.92 Å². The van der Waals surface area contributed by atoms with E-state index in [0.29, 0.717) is 0 Å². The summed E-state index contributed by atoms with van der Waals surface area (Å²) in [6.45, 7) is 1.73. The van der Waals surface area contributed by atoms with E-state index in [4.69, 9.17) is 14.9 Å². The van der Waals surface area contributed by atoms with Crippen LogP contribution < -0.4 is 5.32 Å². The zero-order chi connectivity index (χ0) is 11.4. The van der Waals surface area contributed by atoms with Gasteiger partial charge in [0.15, 0.2) is 0 Å². The van der Waals surface area contributed by atoms with Crippen LogP contribution in [0.5, 0.6) is 0 Å². The molecular formula is C10H22NO4+. The molecule has 5 atom stereocenters. The molecule has 1 rings (SSSR count). The van der Waals surface area contributed by atoms with Crippen molar-refractivity contribution >= 4 is 0 Å². The summed E-state index contributed by atoms with van der Waals surface area (Å²) in [6.07, 6.45) is -0.541. The van der Waals surface area contributed by atoms with Crippen molar-refractivity contribution < 1.29 is 25.4 Å². The Balaban J connectivity index is 2.76. The van der Waals surface area contributed by atoms with E-state index in [2.05, 4.69) is 0 Å². The second kappa shape index (κ2) is 5.77. The Bertz CT molecular complexity index is 172. The van der Waals surface area contributed by atoms with E-state index in [0.717, 1.165) is 6.42 Å². The van der Waals surface area contributed by atoms with Crippen molar-refractivity contribution in [3.05, 3.63) is 0 Å². The van der Waals surface area contributed by atoms with Gasteiger partial charge in [-0.2, -0.15) is 0 Å². The van der Waals surface area contributed by atoms with E-state index in [1.807, 2.05) is 19.3 Å². The second-order valence-corrected chi connectivity index (χ2v) is 4.05. The van der Waals surface area contributed by atoms with Gasteiger partial charge in [0.25, 0.3) is 0 Å². The summed E-state index contributed by atoms with van der Waals surface area (Å²) < 4.78 is 5.57. The SMILES string of the molecule is CC[C@@H]1C(CO)OC(CO)[C@@H]([NH2+]C)[C@@H]1O. The summed E-state index contributed by atoms with van der Waals surface area (Å²) in [5, 5.41) is 30.3. The van der Waals surface area contributed by atoms with Gasteiger partial charge in [-0.3, -0.25) is 0 Å². The van der Waals surface area contributed by atoms with Crippen molar-refractivity contribution in [2.75, 3.05) is 20.3 Å². The molecule has 1 aliphatic heterocycles. The van der Waals surface area contributed by atoms with Crippen molar-refractivity contribution in [3.8, 4) is 0 Å². The predicted molar refractivity (Wildman–Crippen MR) is 54.3 cm³/mol. The average molecular weight is 220 g/mol. The number of quaternary nitrogens is 1. The normalized spacial score (nSPS) is 41.8. The third-order valence-corrected chi connectivity index (χ3v) is 3.31. The molecular weight excluding hydrogens is 198 g/mol. The van der Waals surface area contributed by atoms with Gasteiger partial charge in [0.2, 0.25) is 0 Å². The molecule has 0 aromatic rings. The number of likely N-dealkylation sites (N-methyl/N-ethyl adjacent to an activating group) is 1.